The summed E-state index contributed by atoms with van der Waals surface area (Å²) in [5.74, 6) is -1.28. The van der Waals surface area contributed by atoms with Crippen LogP contribution in [0.4, 0.5) is 0 Å². The van der Waals surface area contributed by atoms with E-state index in [0.717, 1.165) is 18.4 Å². The van der Waals surface area contributed by atoms with Gasteiger partial charge in [0.1, 0.15) is 6.04 Å². The molecule has 2 rings (SSSR count). The van der Waals surface area contributed by atoms with E-state index in [2.05, 4.69) is 5.32 Å². The molecule has 0 spiro atoms. The van der Waals surface area contributed by atoms with Crippen molar-refractivity contribution in [2.24, 2.45) is 0 Å². The molecule has 1 amide bonds. The Hall–Kier alpha value is -1.59. The summed E-state index contributed by atoms with van der Waals surface area (Å²) in [6.07, 6.45) is 3.53. The highest BCUT2D eigenvalue weighted by atomic mass is 35.5. The molecule has 1 fully saturated rings. The normalized spacial score (nSPS) is 17.7. The van der Waals surface area contributed by atoms with Gasteiger partial charge in [0.15, 0.2) is 0 Å². The molecule has 5 nitrogen and oxygen atoms in total. The molecule has 1 atom stereocenters. The van der Waals surface area contributed by atoms with Crippen LogP contribution in [0.25, 0.3) is 0 Å². The quantitative estimate of drug-likeness (QED) is 0.801. The number of hydrogen-bond donors (Lipinski definition) is 2. The monoisotopic (exact) mass is 339 g/mol. The van der Waals surface area contributed by atoms with E-state index in [0.29, 0.717) is 17.9 Å². The van der Waals surface area contributed by atoms with Gasteiger partial charge >= 0.3 is 5.97 Å². The van der Waals surface area contributed by atoms with Crippen molar-refractivity contribution in [3.8, 4) is 0 Å². The topological polar surface area (TPSA) is 75.6 Å². The average molecular weight is 340 g/mol. The van der Waals surface area contributed by atoms with Gasteiger partial charge in [-0.05, 0) is 30.5 Å². The van der Waals surface area contributed by atoms with Crippen LogP contribution < -0.4 is 5.32 Å². The van der Waals surface area contributed by atoms with Gasteiger partial charge in [-0.3, -0.25) is 4.79 Å². The summed E-state index contributed by atoms with van der Waals surface area (Å²) in [7, 11) is 1.51. The average Bonchev–Trinajstić information content (AvgIpc) is 3.02. The molecule has 0 aromatic heterocycles. The molecule has 1 aliphatic carbocycles. The molecular formula is C17H22ClNO4. The first kappa shape index (κ1) is 17.8. The lowest BCUT2D eigenvalue weighted by molar-refractivity contribution is -0.143. The molecule has 0 bridgehead atoms. The molecule has 23 heavy (non-hydrogen) atoms. The van der Waals surface area contributed by atoms with Crippen LogP contribution >= 0.6 is 11.6 Å². The highest BCUT2D eigenvalue weighted by Gasteiger charge is 2.43. The smallest absolute Gasteiger partial charge is 0.326 e. The Labute approximate surface area is 141 Å². The van der Waals surface area contributed by atoms with E-state index < -0.39 is 17.4 Å². The van der Waals surface area contributed by atoms with Gasteiger partial charge in [-0.15, -0.1) is 0 Å². The van der Waals surface area contributed by atoms with Crippen molar-refractivity contribution < 1.29 is 19.4 Å². The van der Waals surface area contributed by atoms with E-state index in [-0.39, 0.29) is 18.9 Å². The second kappa shape index (κ2) is 7.79. The molecular weight excluding hydrogens is 318 g/mol. The first-order chi connectivity index (χ1) is 11.0. The lowest BCUT2D eigenvalue weighted by atomic mass is 9.77. The molecule has 1 aliphatic rings. The highest BCUT2D eigenvalue weighted by molar-refractivity contribution is 6.30. The Bertz CT molecular complexity index is 569. The van der Waals surface area contributed by atoms with Crippen LogP contribution in [0.1, 0.15) is 37.7 Å². The summed E-state index contributed by atoms with van der Waals surface area (Å²) in [6.45, 7) is 0.279. The van der Waals surface area contributed by atoms with Gasteiger partial charge in [0.05, 0.1) is 5.41 Å². The zero-order valence-electron chi connectivity index (χ0n) is 13.2. The first-order valence-electron chi connectivity index (χ1n) is 7.78. The molecule has 1 saturated carbocycles. The van der Waals surface area contributed by atoms with E-state index in [1.807, 2.05) is 12.1 Å². The Morgan fingerprint density at radius 3 is 2.65 bits per heavy atom. The maximum Gasteiger partial charge on any atom is 0.326 e. The number of carboxylic acids is 1. The van der Waals surface area contributed by atoms with Crippen molar-refractivity contribution in [1.82, 2.24) is 5.32 Å². The van der Waals surface area contributed by atoms with Crippen molar-refractivity contribution in [2.45, 2.75) is 43.6 Å². The van der Waals surface area contributed by atoms with Crippen LogP contribution in [-0.4, -0.2) is 36.7 Å². The number of nitrogens with one attached hydrogen (secondary N) is 1. The number of carbonyl (C=O) groups excluding carboxylic acids is 1. The van der Waals surface area contributed by atoms with Gasteiger partial charge in [-0.2, -0.15) is 0 Å². The number of aliphatic carboxylic acids is 1. The van der Waals surface area contributed by atoms with E-state index in [9.17, 15) is 14.7 Å². The standard InChI is InChI=1S/C17H22ClNO4/c1-23-10-7-14(15(20)21)19-16(22)17(8-2-3-9-17)12-5-4-6-13(18)11-12/h4-6,11,14H,2-3,7-10H2,1H3,(H,19,22)(H,20,21). The largest absolute Gasteiger partial charge is 0.480 e. The summed E-state index contributed by atoms with van der Waals surface area (Å²) in [4.78, 5) is 24.3. The Kier molecular flexibility index (Phi) is 6.02. The Morgan fingerprint density at radius 1 is 1.39 bits per heavy atom. The molecule has 0 radical (unpaired) electrons. The van der Waals surface area contributed by atoms with Crippen LogP contribution in [-0.2, 0) is 19.7 Å². The van der Waals surface area contributed by atoms with Gasteiger partial charge in [-0.1, -0.05) is 36.6 Å². The third-order valence-corrected chi connectivity index (χ3v) is 4.72. The Balaban J connectivity index is 2.23. The van der Waals surface area contributed by atoms with Crippen LogP contribution in [0.3, 0.4) is 0 Å². The van der Waals surface area contributed by atoms with E-state index >= 15 is 0 Å². The molecule has 126 valence electrons. The lowest BCUT2D eigenvalue weighted by Gasteiger charge is -2.30. The molecule has 2 N–H and O–H groups in total. The fraction of sp³-hybridized carbons (Fsp3) is 0.529. The number of carboxylic acid groups (broad SMARTS) is 1. The van der Waals surface area contributed by atoms with Gasteiger partial charge in [0.25, 0.3) is 0 Å². The summed E-state index contributed by atoms with van der Waals surface area (Å²) in [6, 6.07) is 6.34. The maximum atomic E-state index is 12.9. The van der Waals surface area contributed by atoms with Gasteiger partial charge in [0, 0.05) is 25.2 Å². The summed E-state index contributed by atoms with van der Waals surface area (Å²) in [5.41, 5.74) is 0.168. The number of rotatable bonds is 7. The minimum absolute atomic E-state index is 0.235. The van der Waals surface area contributed by atoms with Gasteiger partial charge < -0.3 is 15.2 Å². The number of benzene rings is 1. The highest BCUT2D eigenvalue weighted by Crippen LogP contribution is 2.42. The number of amides is 1. The number of carbonyl (C=O) groups is 2. The molecule has 1 aromatic rings. The number of halogens is 1. The van der Waals surface area contributed by atoms with E-state index in [1.165, 1.54) is 7.11 Å². The minimum Gasteiger partial charge on any atom is -0.480 e. The first-order valence-corrected chi connectivity index (χ1v) is 8.16. The SMILES string of the molecule is COCCC(NC(=O)C1(c2cccc(Cl)c2)CCCC1)C(=O)O. The predicted molar refractivity (Wildman–Crippen MR) is 87.7 cm³/mol. The summed E-state index contributed by atoms with van der Waals surface area (Å²) >= 11 is 6.07. The van der Waals surface area contributed by atoms with Crippen LogP contribution in [0.5, 0.6) is 0 Å². The molecule has 6 heteroatoms. The molecule has 0 heterocycles. The van der Waals surface area contributed by atoms with Crippen LogP contribution in [0, 0.1) is 0 Å². The third kappa shape index (κ3) is 4.03. The predicted octanol–water partition coefficient (Wildman–Crippen LogP) is 2.76. The van der Waals surface area contributed by atoms with Crippen molar-refractivity contribution in [3.05, 3.63) is 34.9 Å². The van der Waals surface area contributed by atoms with E-state index in [1.54, 1.807) is 12.1 Å². The molecule has 0 saturated heterocycles. The Morgan fingerprint density at radius 2 is 2.09 bits per heavy atom. The second-order valence-corrected chi connectivity index (χ2v) is 6.38. The number of ether oxygens (including phenoxy) is 1. The molecule has 1 aromatic carbocycles. The molecule has 0 aliphatic heterocycles. The fourth-order valence-electron chi connectivity index (χ4n) is 3.20. The van der Waals surface area contributed by atoms with Crippen molar-refractivity contribution in [2.75, 3.05) is 13.7 Å². The van der Waals surface area contributed by atoms with Crippen LogP contribution in [0.15, 0.2) is 24.3 Å². The number of hydrogen-bond acceptors (Lipinski definition) is 3. The zero-order chi connectivity index (χ0) is 16.9. The summed E-state index contributed by atoms with van der Waals surface area (Å²) < 4.78 is 4.92. The molecule has 1 unspecified atom stereocenters. The van der Waals surface area contributed by atoms with E-state index in [4.69, 9.17) is 16.3 Å². The lowest BCUT2D eigenvalue weighted by Crippen LogP contribution is -2.50. The van der Waals surface area contributed by atoms with Crippen molar-refractivity contribution in [3.63, 3.8) is 0 Å². The van der Waals surface area contributed by atoms with Gasteiger partial charge in [-0.25, -0.2) is 4.79 Å². The summed E-state index contributed by atoms with van der Waals surface area (Å²) in [5, 5.41) is 12.6. The van der Waals surface area contributed by atoms with Crippen LogP contribution in [0.2, 0.25) is 5.02 Å². The maximum absolute atomic E-state index is 12.9. The minimum atomic E-state index is -1.05. The number of methoxy groups -OCH3 is 1. The third-order valence-electron chi connectivity index (χ3n) is 4.48. The van der Waals surface area contributed by atoms with Crippen molar-refractivity contribution in [1.29, 1.82) is 0 Å². The second-order valence-electron chi connectivity index (χ2n) is 5.95. The fourth-order valence-corrected chi connectivity index (χ4v) is 3.39. The zero-order valence-corrected chi connectivity index (χ0v) is 13.9. The van der Waals surface area contributed by atoms with Gasteiger partial charge in [0.2, 0.25) is 5.91 Å². The van der Waals surface area contributed by atoms with Crippen molar-refractivity contribution >= 4 is 23.5 Å².